The number of aliphatic hydroxyl groups excluding tert-OH is 1. The first-order valence-corrected chi connectivity index (χ1v) is 3.27. The van der Waals surface area contributed by atoms with Crippen LogP contribution in [0.15, 0.2) is 0 Å². The zero-order valence-electron chi connectivity index (χ0n) is 4.80. The zero-order valence-corrected chi connectivity index (χ0v) is 4.80. The Kier molecular flexibility index (Phi) is 0.866. The molecule has 0 radical (unpaired) electrons. The molecule has 1 unspecified atom stereocenters. The maximum Gasteiger partial charge on any atom is 0.0584 e. The largest absolute Gasteiger partial charge is 0.395 e. The van der Waals surface area contributed by atoms with E-state index in [9.17, 15) is 0 Å². The number of hydrogen-bond donors (Lipinski definition) is 2. The van der Waals surface area contributed by atoms with Gasteiger partial charge in [-0.1, -0.05) is 0 Å². The van der Waals surface area contributed by atoms with Gasteiger partial charge in [0.15, 0.2) is 0 Å². The minimum atomic E-state index is 0.326. The van der Waals surface area contributed by atoms with Gasteiger partial charge in [-0.3, -0.25) is 0 Å². The van der Waals surface area contributed by atoms with E-state index in [0.717, 1.165) is 12.0 Å². The van der Waals surface area contributed by atoms with E-state index in [1.165, 1.54) is 12.8 Å². The second-order valence-electron chi connectivity index (χ2n) is 2.88. The lowest BCUT2D eigenvalue weighted by Gasteiger charge is -2.06. The monoisotopic (exact) mass is 113 g/mol. The number of piperidine rings is 1. The molecular weight excluding hydrogens is 102 g/mol. The van der Waals surface area contributed by atoms with E-state index in [2.05, 4.69) is 5.32 Å². The summed E-state index contributed by atoms with van der Waals surface area (Å²) in [6.45, 7) is 0.326. The summed E-state index contributed by atoms with van der Waals surface area (Å²) >= 11 is 0. The molecule has 0 aromatic carbocycles. The fourth-order valence-electron chi connectivity index (χ4n) is 1.58. The highest BCUT2D eigenvalue weighted by Gasteiger charge is 2.45. The predicted octanol–water partition coefficient (Wildman–Crippen LogP) is -0.271. The van der Waals surface area contributed by atoms with Crippen molar-refractivity contribution in [1.82, 2.24) is 5.32 Å². The lowest BCUT2D eigenvalue weighted by Crippen LogP contribution is -2.28. The molecule has 1 heterocycles. The van der Waals surface area contributed by atoms with Crippen LogP contribution < -0.4 is 5.32 Å². The molecule has 0 bridgehead atoms. The fourth-order valence-corrected chi connectivity index (χ4v) is 1.58. The quantitative estimate of drug-likeness (QED) is 0.490. The normalized spacial score (nSPS) is 51.4. The van der Waals surface area contributed by atoms with Crippen LogP contribution >= 0.6 is 0 Å². The van der Waals surface area contributed by atoms with Crippen LogP contribution in [0.2, 0.25) is 0 Å². The molecule has 1 aliphatic carbocycles. The number of fused-ring (bicyclic) bond motifs is 1. The third-order valence-corrected chi connectivity index (χ3v) is 2.18. The van der Waals surface area contributed by atoms with Crippen LogP contribution in [0.3, 0.4) is 0 Å². The number of rotatable bonds is 1. The summed E-state index contributed by atoms with van der Waals surface area (Å²) < 4.78 is 0. The maximum atomic E-state index is 8.64. The minimum Gasteiger partial charge on any atom is -0.395 e. The van der Waals surface area contributed by atoms with Crippen molar-refractivity contribution in [1.29, 1.82) is 0 Å². The molecule has 2 fully saturated rings. The summed E-state index contributed by atoms with van der Waals surface area (Å²) in [5.41, 5.74) is 0. The standard InChI is InChI=1S/C6H11NO/c8-3-5-1-4-2-6(4)7-5/h4-8H,1-3H2/t4-,5?,6-/m0/s1. The first kappa shape index (κ1) is 4.77. The van der Waals surface area contributed by atoms with Crippen molar-refractivity contribution < 1.29 is 5.11 Å². The van der Waals surface area contributed by atoms with Gasteiger partial charge in [-0.2, -0.15) is 0 Å². The molecule has 0 amide bonds. The maximum absolute atomic E-state index is 8.64. The van der Waals surface area contributed by atoms with Gasteiger partial charge in [-0.25, -0.2) is 0 Å². The molecule has 8 heavy (non-hydrogen) atoms. The van der Waals surface area contributed by atoms with Gasteiger partial charge in [-0.05, 0) is 18.8 Å². The number of nitrogens with one attached hydrogen (secondary N) is 1. The second-order valence-corrected chi connectivity index (χ2v) is 2.88. The molecule has 0 spiro atoms. The van der Waals surface area contributed by atoms with Crippen LogP contribution in [-0.2, 0) is 0 Å². The van der Waals surface area contributed by atoms with Crippen LogP contribution in [0.4, 0.5) is 0 Å². The van der Waals surface area contributed by atoms with E-state index in [1.807, 2.05) is 0 Å². The van der Waals surface area contributed by atoms with Gasteiger partial charge in [0.05, 0.1) is 6.61 Å². The summed E-state index contributed by atoms with van der Waals surface area (Å²) in [7, 11) is 0. The Morgan fingerprint density at radius 1 is 1.50 bits per heavy atom. The summed E-state index contributed by atoms with van der Waals surface area (Å²) in [5.74, 6) is 0.923. The summed E-state index contributed by atoms with van der Waals surface area (Å²) in [6.07, 6.45) is 2.57. The average Bonchev–Trinajstić information content (AvgIpc) is 2.40. The lowest BCUT2D eigenvalue weighted by molar-refractivity contribution is 0.246. The van der Waals surface area contributed by atoms with Gasteiger partial charge in [0.2, 0.25) is 0 Å². The first-order chi connectivity index (χ1) is 3.90. The van der Waals surface area contributed by atoms with E-state index >= 15 is 0 Å². The lowest BCUT2D eigenvalue weighted by atomic mass is 10.2. The van der Waals surface area contributed by atoms with E-state index < -0.39 is 0 Å². The third kappa shape index (κ3) is 0.565. The molecule has 2 N–H and O–H groups in total. The molecule has 3 atom stereocenters. The summed E-state index contributed by atoms with van der Waals surface area (Å²) in [6, 6.07) is 1.21. The van der Waals surface area contributed by atoms with Crippen molar-refractivity contribution in [3.05, 3.63) is 0 Å². The Bertz CT molecular complexity index is 94.7. The average molecular weight is 113 g/mol. The highest BCUT2D eigenvalue weighted by atomic mass is 16.3. The second kappa shape index (κ2) is 1.45. The van der Waals surface area contributed by atoms with Crippen molar-refractivity contribution in [2.24, 2.45) is 5.92 Å². The molecule has 0 aromatic heterocycles. The van der Waals surface area contributed by atoms with Crippen molar-refractivity contribution in [2.75, 3.05) is 6.61 Å². The number of aliphatic hydroxyl groups is 1. The van der Waals surface area contributed by atoms with Gasteiger partial charge < -0.3 is 10.4 Å². The van der Waals surface area contributed by atoms with Crippen LogP contribution in [0.5, 0.6) is 0 Å². The summed E-state index contributed by atoms with van der Waals surface area (Å²) in [4.78, 5) is 0. The predicted molar refractivity (Wildman–Crippen MR) is 30.5 cm³/mol. The van der Waals surface area contributed by atoms with Gasteiger partial charge in [-0.15, -0.1) is 0 Å². The Balaban J connectivity index is 1.89. The topological polar surface area (TPSA) is 32.3 Å². The zero-order chi connectivity index (χ0) is 5.56. The van der Waals surface area contributed by atoms with Crippen molar-refractivity contribution >= 4 is 0 Å². The SMILES string of the molecule is OCC1C[C@H]2C[C@@H]2N1. The third-order valence-electron chi connectivity index (χ3n) is 2.18. The number of hydrogen-bond acceptors (Lipinski definition) is 2. The minimum absolute atomic E-state index is 0.326. The first-order valence-electron chi connectivity index (χ1n) is 3.27. The molecule has 2 aliphatic rings. The van der Waals surface area contributed by atoms with Crippen molar-refractivity contribution in [3.63, 3.8) is 0 Å². The van der Waals surface area contributed by atoms with Gasteiger partial charge >= 0.3 is 0 Å². The highest BCUT2D eigenvalue weighted by Crippen LogP contribution is 2.40. The van der Waals surface area contributed by atoms with Crippen LogP contribution in [0, 0.1) is 5.92 Å². The highest BCUT2D eigenvalue weighted by molar-refractivity contribution is 5.02. The Labute approximate surface area is 48.9 Å². The molecule has 2 rings (SSSR count). The van der Waals surface area contributed by atoms with E-state index in [0.29, 0.717) is 12.6 Å². The Hall–Kier alpha value is -0.0800. The Morgan fingerprint density at radius 2 is 2.38 bits per heavy atom. The van der Waals surface area contributed by atoms with Gasteiger partial charge in [0, 0.05) is 12.1 Å². The summed E-state index contributed by atoms with van der Waals surface area (Å²) in [5, 5.41) is 12.0. The Morgan fingerprint density at radius 3 is 2.75 bits per heavy atom. The molecule has 0 aromatic rings. The molecule has 1 saturated heterocycles. The van der Waals surface area contributed by atoms with E-state index in [1.54, 1.807) is 0 Å². The van der Waals surface area contributed by atoms with E-state index in [-0.39, 0.29) is 0 Å². The van der Waals surface area contributed by atoms with Crippen LogP contribution in [0.25, 0.3) is 0 Å². The molecule has 2 nitrogen and oxygen atoms in total. The molecule has 1 aliphatic heterocycles. The smallest absolute Gasteiger partial charge is 0.0584 e. The van der Waals surface area contributed by atoms with Crippen molar-refractivity contribution in [3.8, 4) is 0 Å². The molecule has 2 heteroatoms. The van der Waals surface area contributed by atoms with E-state index in [4.69, 9.17) is 5.11 Å². The molecular formula is C6H11NO. The van der Waals surface area contributed by atoms with Crippen LogP contribution in [0.1, 0.15) is 12.8 Å². The molecule has 1 saturated carbocycles. The van der Waals surface area contributed by atoms with Crippen molar-refractivity contribution in [2.45, 2.75) is 24.9 Å². The van der Waals surface area contributed by atoms with Gasteiger partial charge in [0.25, 0.3) is 0 Å². The fraction of sp³-hybridized carbons (Fsp3) is 1.00. The van der Waals surface area contributed by atoms with Gasteiger partial charge in [0.1, 0.15) is 0 Å². The molecule has 46 valence electrons. The van der Waals surface area contributed by atoms with Crippen LogP contribution in [-0.4, -0.2) is 23.8 Å².